The van der Waals surface area contributed by atoms with E-state index in [1.807, 2.05) is 0 Å². The Morgan fingerprint density at radius 1 is 0.724 bits per heavy atom. The van der Waals surface area contributed by atoms with Crippen LogP contribution >= 0.6 is 11.6 Å². The highest BCUT2D eigenvalue weighted by Gasteiger charge is 2.07. The molecule has 2 amide bonds. The molecule has 2 aromatic carbocycles. The minimum atomic E-state index is -0.168. The van der Waals surface area contributed by atoms with E-state index in [2.05, 4.69) is 36.2 Å². The molecule has 29 heavy (non-hydrogen) atoms. The second-order valence-electron chi connectivity index (χ2n) is 6.03. The summed E-state index contributed by atoms with van der Waals surface area (Å²) in [6.07, 6.45) is 0. The number of hydrogen-bond acceptors (Lipinski definition) is 7. The van der Waals surface area contributed by atoms with Crippen molar-refractivity contribution in [2.75, 3.05) is 21.3 Å². The molecule has 0 atom stereocenters. The number of benzene rings is 2. The van der Waals surface area contributed by atoms with Gasteiger partial charge in [0.25, 0.3) is 0 Å². The first-order valence-corrected chi connectivity index (χ1v) is 8.96. The van der Waals surface area contributed by atoms with Gasteiger partial charge in [0.05, 0.1) is 0 Å². The van der Waals surface area contributed by atoms with Gasteiger partial charge in [0.2, 0.25) is 29.0 Å². The van der Waals surface area contributed by atoms with E-state index in [4.69, 9.17) is 11.6 Å². The van der Waals surface area contributed by atoms with Crippen LogP contribution in [0.2, 0.25) is 5.28 Å². The Hall–Kier alpha value is -3.72. The number of aromatic nitrogens is 3. The smallest absolute Gasteiger partial charge is 0.233 e. The molecule has 0 aliphatic heterocycles. The maximum atomic E-state index is 11.2. The summed E-state index contributed by atoms with van der Waals surface area (Å²) in [7, 11) is 0. The number of carbonyl (C=O) groups excluding carboxylic acids is 2. The van der Waals surface area contributed by atoms with Crippen LogP contribution in [-0.4, -0.2) is 26.8 Å². The molecule has 4 N–H and O–H groups in total. The van der Waals surface area contributed by atoms with Crippen LogP contribution in [0.3, 0.4) is 0 Å². The summed E-state index contributed by atoms with van der Waals surface area (Å²) in [6, 6.07) is 14.2. The van der Waals surface area contributed by atoms with Gasteiger partial charge in [0.15, 0.2) is 0 Å². The van der Waals surface area contributed by atoms with Crippen molar-refractivity contribution >= 4 is 58.1 Å². The van der Waals surface area contributed by atoms with Crippen molar-refractivity contribution in [1.82, 2.24) is 15.0 Å². The minimum absolute atomic E-state index is 0.000955. The van der Waals surface area contributed by atoms with E-state index in [0.29, 0.717) is 22.7 Å². The van der Waals surface area contributed by atoms with Crippen LogP contribution in [0.4, 0.5) is 34.6 Å². The average Bonchev–Trinajstić information content (AvgIpc) is 2.60. The Bertz CT molecular complexity index is 978. The molecule has 0 fully saturated rings. The summed E-state index contributed by atoms with van der Waals surface area (Å²) in [4.78, 5) is 34.9. The number of halogens is 1. The van der Waals surface area contributed by atoms with Crippen LogP contribution in [0, 0.1) is 0 Å². The van der Waals surface area contributed by atoms with Crippen molar-refractivity contribution in [3.05, 3.63) is 53.8 Å². The molecule has 3 aromatic rings. The van der Waals surface area contributed by atoms with Crippen LogP contribution in [0.5, 0.6) is 0 Å². The molecule has 10 heteroatoms. The minimum Gasteiger partial charge on any atom is -0.326 e. The Balaban J connectivity index is 1.78. The van der Waals surface area contributed by atoms with Crippen molar-refractivity contribution in [3.63, 3.8) is 0 Å². The molecular formula is C19H18ClN7O2. The molecular weight excluding hydrogens is 394 g/mol. The summed E-state index contributed by atoms with van der Waals surface area (Å²) in [5, 5.41) is 11.5. The van der Waals surface area contributed by atoms with Gasteiger partial charge in [-0.3, -0.25) is 9.59 Å². The molecule has 0 unspecified atom stereocenters. The highest BCUT2D eigenvalue weighted by Crippen LogP contribution is 2.22. The lowest BCUT2D eigenvalue weighted by Gasteiger charge is -2.10. The SMILES string of the molecule is CC(=O)Nc1cccc(Nc2nc(Cl)nc(Nc3cccc(NC(C)=O)c3)n2)c1. The van der Waals surface area contributed by atoms with Gasteiger partial charge in [0, 0.05) is 36.6 Å². The number of hydrogen-bond donors (Lipinski definition) is 4. The third-order valence-corrected chi connectivity index (χ3v) is 3.66. The summed E-state index contributed by atoms with van der Waals surface area (Å²) in [5.41, 5.74) is 2.60. The van der Waals surface area contributed by atoms with Crippen LogP contribution in [0.15, 0.2) is 48.5 Å². The second-order valence-corrected chi connectivity index (χ2v) is 6.36. The largest absolute Gasteiger partial charge is 0.326 e. The molecule has 0 bridgehead atoms. The van der Waals surface area contributed by atoms with Crippen LogP contribution in [0.1, 0.15) is 13.8 Å². The van der Waals surface area contributed by atoms with Crippen molar-refractivity contribution in [1.29, 1.82) is 0 Å². The molecule has 0 saturated carbocycles. The zero-order valence-corrected chi connectivity index (χ0v) is 16.4. The quantitative estimate of drug-likeness (QED) is 0.484. The summed E-state index contributed by atoms with van der Waals surface area (Å²) >= 11 is 6.03. The maximum Gasteiger partial charge on any atom is 0.233 e. The Kier molecular flexibility index (Phi) is 6.20. The third kappa shape index (κ3) is 6.15. The molecule has 1 aromatic heterocycles. The van der Waals surface area contributed by atoms with Crippen LogP contribution in [-0.2, 0) is 9.59 Å². The van der Waals surface area contributed by atoms with E-state index in [0.717, 1.165) is 0 Å². The van der Waals surface area contributed by atoms with Gasteiger partial charge < -0.3 is 21.3 Å². The first-order valence-electron chi connectivity index (χ1n) is 8.58. The fraction of sp³-hybridized carbons (Fsp3) is 0.105. The Labute approximate surface area is 171 Å². The monoisotopic (exact) mass is 411 g/mol. The number of anilines is 6. The number of amides is 2. The number of nitrogens with one attached hydrogen (secondary N) is 4. The molecule has 148 valence electrons. The molecule has 0 aliphatic carbocycles. The molecule has 3 rings (SSSR count). The zero-order valence-electron chi connectivity index (χ0n) is 15.7. The fourth-order valence-corrected chi connectivity index (χ4v) is 2.64. The zero-order chi connectivity index (χ0) is 20.8. The van der Waals surface area contributed by atoms with Gasteiger partial charge in [-0.15, -0.1) is 0 Å². The number of carbonyl (C=O) groups is 2. The highest BCUT2D eigenvalue weighted by molar-refractivity contribution is 6.28. The van der Waals surface area contributed by atoms with Gasteiger partial charge in [-0.2, -0.15) is 15.0 Å². The molecule has 1 heterocycles. The van der Waals surface area contributed by atoms with Gasteiger partial charge in [0.1, 0.15) is 0 Å². The molecule has 0 saturated heterocycles. The van der Waals surface area contributed by atoms with Gasteiger partial charge >= 0.3 is 0 Å². The van der Waals surface area contributed by atoms with Crippen molar-refractivity contribution in [3.8, 4) is 0 Å². The van der Waals surface area contributed by atoms with Crippen molar-refractivity contribution in [2.24, 2.45) is 0 Å². The predicted octanol–water partition coefficient (Wildman–Crippen LogP) is 3.93. The van der Waals surface area contributed by atoms with E-state index in [-0.39, 0.29) is 29.0 Å². The van der Waals surface area contributed by atoms with Crippen molar-refractivity contribution in [2.45, 2.75) is 13.8 Å². The van der Waals surface area contributed by atoms with Gasteiger partial charge in [-0.25, -0.2) is 0 Å². The fourth-order valence-electron chi connectivity index (χ4n) is 2.48. The third-order valence-electron chi connectivity index (χ3n) is 3.49. The maximum absolute atomic E-state index is 11.2. The summed E-state index contributed by atoms with van der Waals surface area (Å²) < 4.78 is 0. The molecule has 0 aliphatic rings. The second kappa shape index (κ2) is 8.98. The predicted molar refractivity (Wildman–Crippen MR) is 113 cm³/mol. The molecule has 0 spiro atoms. The lowest BCUT2D eigenvalue weighted by Crippen LogP contribution is -2.07. The van der Waals surface area contributed by atoms with Gasteiger partial charge in [-0.1, -0.05) is 12.1 Å². The standard InChI is InChI=1S/C19H18ClN7O2/c1-11(28)21-13-5-3-7-15(9-13)23-18-25-17(20)26-19(27-18)24-16-8-4-6-14(10-16)22-12(2)29/h3-10H,1-2H3,(H,21,28)(H,22,29)(H2,23,24,25,26,27). The summed E-state index contributed by atoms with van der Waals surface area (Å²) in [6.45, 7) is 2.87. The van der Waals surface area contributed by atoms with Crippen LogP contribution in [0.25, 0.3) is 0 Å². The lowest BCUT2D eigenvalue weighted by atomic mass is 10.2. The number of rotatable bonds is 6. The normalized spacial score (nSPS) is 10.2. The first kappa shape index (κ1) is 20.0. The lowest BCUT2D eigenvalue weighted by molar-refractivity contribution is -0.115. The Morgan fingerprint density at radius 3 is 1.55 bits per heavy atom. The molecule has 9 nitrogen and oxygen atoms in total. The van der Waals surface area contributed by atoms with E-state index >= 15 is 0 Å². The van der Waals surface area contributed by atoms with Crippen LogP contribution < -0.4 is 21.3 Å². The topological polar surface area (TPSA) is 121 Å². The number of nitrogens with zero attached hydrogens (tertiary/aromatic N) is 3. The van der Waals surface area contributed by atoms with Crippen molar-refractivity contribution < 1.29 is 9.59 Å². The van der Waals surface area contributed by atoms with E-state index in [9.17, 15) is 9.59 Å². The highest BCUT2D eigenvalue weighted by atomic mass is 35.5. The first-order chi connectivity index (χ1) is 13.9. The van der Waals surface area contributed by atoms with Gasteiger partial charge in [-0.05, 0) is 48.0 Å². The summed E-state index contributed by atoms with van der Waals surface area (Å²) in [5.74, 6) is 0.118. The van der Waals surface area contributed by atoms with E-state index in [1.165, 1.54) is 13.8 Å². The molecule has 0 radical (unpaired) electrons. The average molecular weight is 412 g/mol. The Morgan fingerprint density at radius 2 is 1.14 bits per heavy atom. The van der Waals surface area contributed by atoms with E-state index < -0.39 is 0 Å². The van der Waals surface area contributed by atoms with E-state index in [1.54, 1.807) is 48.5 Å².